The van der Waals surface area contributed by atoms with Crippen molar-refractivity contribution in [3.8, 4) is 0 Å². The maximum atomic E-state index is 13.3. The number of hydrogen-bond acceptors (Lipinski definition) is 7. The first-order chi connectivity index (χ1) is 15.8. The van der Waals surface area contributed by atoms with E-state index < -0.39 is 59.4 Å². The molecule has 1 saturated heterocycles. The molecule has 0 bridgehead atoms. The van der Waals surface area contributed by atoms with Gasteiger partial charge in [-0.15, -0.1) is 0 Å². The molecule has 4 rings (SSSR count). The molecule has 0 saturated carbocycles. The van der Waals surface area contributed by atoms with Gasteiger partial charge in [0.25, 0.3) is 5.91 Å². The molecule has 1 aliphatic heterocycles. The SMILES string of the molecule is Nc1oc2ccc(C(F)(F)F)nc2c1C(=O)Nc1cnccc1N1C[C@@H](N)C[C@@H](C(F)(F)F)C1. The summed E-state index contributed by atoms with van der Waals surface area (Å²) in [6.45, 7) is -0.301. The summed E-state index contributed by atoms with van der Waals surface area (Å²) < 4.78 is 84.4. The van der Waals surface area contributed by atoms with Gasteiger partial charge in [-0.25, -0.2) is 4.98 Å². The summed E-state index contributed by atoms with van der Waals surface area (Å²) in [5.41, 5.74) is 9.53. The second kappa shape index (κ2) is 8.34. The van der Waals surface area contributed by atoms with Gasteiger partial charge < -0.3 is 26.1 Å². The van der Waals surface area contributed by atoms with Crippen LogP contribution < -0.4 is 21.7 Å². The van der Waals surface area contributed by atoms with Crippen molar-refractivity contribution in [2.24, 2.45) is 11.7 Å². The Balaban J connectivity index is 1.67. The monoisotopic (exact) mass is 488 g/mol. The van der Waals surface area contributed by atoms with Gasteiger partial charge in [0.05, 0.1) is 23.5 Å². The number of aromatic nitrogens is 2. The summed E-state index contributed by atoms with van der Waals surface area (Å²) in [6.07, 6.45) is -6.95. The summed E-state index contributed by atoms with van der Waals surface area (Å²) in [4.78, 5) is 21.7. The molecule has 0 aromatic carbocycles. The second-order valence-corrected chi connectivity index (χ2v) is 7.87. The van der Waals surface area contributed by atoms with E-state index in [2.05, 4.69) is 15.3 Å². The maximum absolute atomic E-state index is 13.3. The van der Waals surface area contributed by atoms with Crippen molar-refractivity contribution in [1.82, 2.24) is 9.97 Å². The van der Waals surface area contributed by atoms with E-state index in [1.54, 1.807) is 0 Å². The normalized spacial score (nSPS) is 19.4. The summed E-state index contributed by atoms with van der Waals surface area (Å²) in [6, 6.07) is 2.30. The van der Waals surface area contributed by atoms with Gasteiger partial charge in [0.2, 0.25) is 5.88 Å². The Morgan fingerprint density at radius 1 is 1.15 bits per heavy atom. The number of pyridine rings is 2. The maximum Gasteiger partial charge on any atom is 0.433 e. The highest BCUT2D eigenvalue weighted by Gasteiger charge is 2.44. The number of halogens is 6. The zero-order valence-electron chi connectivity index (χ0n) is 17.2. The van der Waals surface area contributed by atoms with Crippen molar-refractivity contribution in [3.05, 3.63) is 41.9 Å². The molecule has 0 spiro atoms. The molecule has 182 valence electrons. The molecule has 3 aromatic heterocycles. The number of piperidine rings is 1. The first kappa shape index (κ1) is 23.6. The Morgan fingerprint density at radius 3 is 2.56 bits per heavy atom. The number of alkyl halides is 6. The molecule has 2 atom stereocenters. The number of carbonyl (C=O) groups is 1. The zero-order chi connectivity index (χ0) is 24.8. The fourth-order valence-corrected chi connectivity index (χ4v) is 3.89. The molecule has 5 N–H and O–H groups in total. The quantitative estimate of drug-likeness (QED) is 0.480. The topological polar surface area (TPSA) is 123 Å². The van der Waals surface area contributed by atoms with Crippen LogP contribution in [0, 0.1) is 5.92 Å². The van der Waals surface area contributed by atoms with Crippen LogP contribution in [0.5, 0.6) is 0 Å². The highest BCUT2D eigenvalue weighted by Crippen LogP contribution is 2.37. The Bertz CT molecular complexity index is 1220. The molecular weight excluding hydrogens is 470 g/mol. The lowest BCUT2D eigenvalue weighted by Gasteiger charge is -2.39. The van der Waals surface area contributed by atoms with Gasteiger partial charge in [-0.1, -0.05) is 0 Å². The van der Waals surface area contributed by atoms with Crippen molar-refractivity contribution < 1.29 is 35.6 Å². The van der Waals surface area contributed by atoms with Crippen LogP contribution in [0.1, 0.15) is 22.5 Å². The Hall–Kier alpha value is -3.55. The first-order valence-electron chi connectivity index (χ1n) is 9.93. The molecule has 3 aromatic rings. The zero-order valence-corrected chi connectivity index (χ0v) is 17.2. The van der Waals surface area contributed by atoms with Crippen molar-refractivity contribution >= 4 is 34.3 Å². The predicted octanol–water partition coefficient (Wildman–Crippen LogP) is 3.79. The number of hydrogen-bond donors (Lipinski definition) is 3. The molecule has 0 radical (unpaired) electrons. The number of anilines is 3. The highest BCUT2D eigenvalue weighted by molar-refractivity contribution is 6.15. The van der Waals surface area contributed by atoms with Gasteiger partial charge in [-0.2, -0.15) is 26.3 Å². The third-order valence-corrected chi connectivity index (χ3v) is 5.41. The summed E-state index contributed by atoms with van der Waals surface area (Å²) in [5, 5.41) is 2.44. The van der Waals surface area contributed by atoms with Gasteiger partial charge in [0, 0.05) is 25.3 Å². The van der Waals surface area contributed by atoms with E-state index in [9.17, 15) is 31.1 Å². The second-order valence-electron chi connectivity index (χ2n) is 7.87. The van der Waals surface area contributed by atoms with Crippen molar-refractivity contribution in [2.75, 3.05) is 29.0 Å². The minimum absolute atomic E-state index is 0.0169. The van der Waals surface area contributed by atoms with Gasteiger partial charge in [0.1, 0.15) is 16.8 Å². The molecule has 34 heavy (non-hydrogen) atoms. The number of amides is 1. The predicted molar refractivity (Wildman–Crippen MR) is 110 cm³/mol. The lowest BCUT2D eigenvalue weighted by Crippen LogP contribution is -2.51. The van der Waals surface area contributed by atoms with Crippen LogP contribution in [0.2, 0.25) is 0 Å². The Kier molecular flexibility index (Phi) is 5.79. The fraction of sp³-hybridized carbons (Fsp3) is 0.350. The third-order valence-electron chi connectivity index (χ3n) is 5.41. The van der Waals surface area contributed by atoms with Gasteiger partial charge in [-0.3, -0.25) is 9.78 Å². The molecule has 1 fully saturated rings. The number of nitrogens with two attached hydrogens (primary N) is 2. The fourth-order valence-electron chi connectivity index (χ4n) is 3.89. The number of fused-ring (bicyclic) bond motifs is 1. The van der Waals surface area contributed by atoms with E-state index in [0.717, 1.165) is 6.07 Å². The van der Waals surface area contributed by atoms with Crippen molar-refractivity contribution in [3.63, 3.8) is 0 Å². The number of rotatable bonds is 3. The van der Waals surface area contributed by atoms with E-state index in [4.69, 9.17) is 15.9 Å². The van der Waals surface area contributed by atoms with Crippen LogP contribution in [0.4, 0.5) is 43.6 Å². The number of nitrogens with zero attached hydrogens (tertiary/aromatic N) is 3. The summed E-state index contributed by atoms with van der Waals surface area (Å²) in [5.74, 6) is -3.11. The molecule has 1 aliphatic rings. The van der Waals surface area contributed by atoms with E-state index in [1.807, 2.05) is 0 Å². The van der Waals surface area contributed by atoms with Gasteiger partial charge in [-0.05, 0) is 24.6 Å². The lowest BCUT2D eigenvalue weighted by molar-refractivity contribution is -0.177. The van der Waals surface area contributed by atoms with Gasteiger partial charge in [0.15, 0.2) is 5.58 Å². The highest BCUT2D eigenvalue weighted by atomic mass is 19.4. The van der Waals surface area contributed by atoms with Crippen molar-refractivity contribution in [1.29, 1.82) is 0 Å². The molecule has 8 nitrogen and oxygen atoms in total. The Labute approximate surface area is 187 Å². The van der Waals surface area contributed by atoms with Crippen LogP contribution in [0.15, 0.2) is 35.0 Å². The van der Waals surface area contributed by atoms with E-state index >= 15 is 0 Å². The first-order valence-corrected chi connectivity index (χ1v) is 9.93. The average molecular weight is 488 g/mol. The molecule has 14 heteroatoms. The van der Waals surface area contributed by atoms with Crippen LogP contribution in [-0.2, 0) is 6.18 Å². The largest absolute Gasteiger partial charge is 0.438 e. The molecular formula is C20H18F6N6O2. The number of nitrogens with one attached hydrogen (secondary N) is 1. The minimum atomic E-state index is -4.77. The van der Waals surface area contributed by atoms with Crippen LogP contribution in [-0.4, -0.2) is 41.2 Å². The molecule has 1 amide bonds. The average Bonchev–Trinajstić information content (AvgIpc) is 3.07. The smallest absolute Gasteiger partial charge is 0.433 e. The van der Waals surface area contributed by atoms with Crippen LogP contribution in [0.25, 0.3) is 11.1 Å². The number of furan rings is 1. The third kappa shape index (κ3) is 4.58. The molecule has 0 unspecified atom stereocenters. The Morgan fingerprint density at radius 2 is 1.88 bits per heavy atom. The summed E-state index contributed by atoms with van der Waals surface area (Å²) >= 11 is 0. The van der Waals surface area contributed by atoms with E-state index in [0.29, 0.717) is 6.07 Å². The standard InChI is InChI=1S/C20H18F6N6O2/c21-19(22,23)9-5-10(27)8-32(7-9)12-3-4-29-6-11(12)30-18(33)15-16-13(34-17(15)28)1-2-14(31-16)20(24,25)26/h1-4,6,9-10H,5,7-8,27-28H2,(H,30,33)/t9-,10+/m1/s1. The van der Waals surface area contributed by atoms with Crippen LogP contribution >= 0.6 is 0 Å². The van der Waals surface area contributed by atoms with E-state index in [1.165, 1.54) is 23.4 Å². The molecule has 4 heterocycles. The lowest BCUT2D eigenvalue weighted by atomic mass is 9.93. The summed E-state index contributed by atoms with van der Waals surface area (Å²) in [7, 11) is 0. The number of nitrogen functional groups attached to an aromatic ring is 1. The van der Waals surface area contributed by atoms with Crippen LogP contribution in [0.3, 0.4) is 0 Å². The van der Waals surface area contributed by atoms with Gasteiger partial charge >= 0.3 is 12.4 Å². The number of carbonyl (C=O) groups excluding carboxylic acids is 1. The van der Waals surface area contributed by atoms with E-state index in [-0.39, 0.29) is 29.9 Å². The van der Waals surface area contributed by atoms with Crippen molar-refractivity contribution in [2.45, 2.75) is 24.8 Å². The molecule has 0 aliphatic carbocycles. The minimum Gasteiger partial charge on any atom is -0.438 e.